The number of phosphoric ester groups is 1. The molecule has 4 N–H and O–H groups in total. The predicted molar refractivity (Wildman–Crippen MR) is 254 cm³/mol. The van der Waals surface area contributed by atoms with Gasteiger partial charge in [-0.2, -0.15) is 0 Å². The smallest absolute Gasteiger partial charge is 0.472 e. The largest absolute Gasteiger partial charge is 0.480 e. The lowest BCUT2D eigenvalue weighted by Crippen LogP contribution is -2.34. The summed E-state index contributed by atoms with van der Waals surface area (Å²) in [5, 5.41) is 8.92. The van der Waals surface area contributed by atoms with Crippen LogP contribution in [0.15, 0.2) is 0 Å². The molecule has 0 aromatic rings. The quantitative estimate of drug-likeness (QED) is 0.0301. The second-order valence-electron chi connectivity index (χ2n) is 18.0. The van der Waals surface area contributed by atoms with E-state index in [1.807, 2.05) is 0 Å². The molecule has 0 amide bonds. The van der Waals surface area contributed by atoms with Crippen molar-refractivity contribution >= 4 is 25.7 Å². The number of rotatable bonds is 50. The number of nitrogens with two attached hydrogens (primary N) is 1. The number of unbranched alkanes of at least 4 members (excludes halogenated alkanes) is 36. The third-order valence-corrected chi connectivity index (χ3v) is 12.8. The Labute approximate surface area is 380 Å². The topological polar surface area (TPSA) is 172 Å². The van der Waals surface area contributed by atoms with Crippen LogP contribution in [-0.4, -0.2) is 59.9 Å². The van der Waals surface area contributed by atoms with Gasteiger partial charge in [-0.1, -0.05) is 245 Å². The first-order chi connectivity index (χ1) is 30.1. The van der Waals surface area contributed by atoms with E-state index in [9.17, 15) is 23.8 Å². The summed E-state index contributed by atoms with van der Waals surface area (Å²) in [4.78, 5) is 46.2. The van der Waals surface area contributed by atoms with Gasteiger partial charge < -0.3 is 25.2 Å². The van der Waals surface area contributed by atoms with Crippen LogP contribution < -0.4 is 5.73 Å². The first-order valence-electron chi connectivity index (χ1n) is 26.1. The Morgan fingerprint density at radius 1 is 0.435 bits per heavy atom. The number of ether oxygens (including phenoxy) is 2. The highest BCUT2D eigenvalue weighted by Crippen LogP contribution is 2.43. The van der Waals surface area contributed by atoms with Crippen LogP contribution in [0.2, 0.25) is 0 Å². The van der Waals surface area contributed by atoms with Crippen LogP contribution in [0, 0.1) is 0 Å². The zero-order valence-corrected chi connectivity index (χ0v) is 41.1. The fraction of sp³-hybridized carbons (Fsp3) is 0.940. The summed E-state index contributed by atoms with van der Waals surface area (Å²) in [6, 6.07) is -1.52. The minimum atomic E-state index is -4.71. The van der Waals surface area contributed by atoms with Gasteiger partial charge in [0.25, 0.3) is 0 Å². The molecule has 3 atom stereocenters. The van der Waals surface area contributed by atoms with Crippen molar-refractivity contribution in [2.45, 2.75) is 283 Å². The van der Waals surface area contributed by atoms with Gasteiger partial charge in [0, 0.05) is 12.8 Å². The maximum Gasteiger partial charge on any atom is 0.472 e. The summed E-state index contributed by atoms with van der Waals surface area (Å²) in [5.74, 6) is -2.35. The lowest BCUT2D eigenvalue weighted by atomic mass is 10.0. The Hall–Kier alpha value is -1.52. The molecule has 0 aliphatic heterocycles. The highest BCUT2D eigenvalue weighted by molar-refractivity contribution is 7.47. The molecular formula is C50H98NO10P. The van der Waals surface area contributed by atoms with E-state index >= 15 is 0 Å². The molecule has 0 heterocycles. The zero-order valence-electron chi connectivity index (χ0n) is 40.2. The summed E-state index contributed by atoms with van der Waals surface area (Å²) in [6.07, 6.45) is 47.3. The molecule has 0 saturated carbocycles. The molecule has 0 radical (unpaired) electrons. The number of esters is 2. The predicted octanol–water partition coefficient (Wildman–Crippen LogP) is 14.6. The number of hydrogen-bond acceptors (Lipinski definition) is 9. The molecule has 0 aliphatic carbocycles. The van der Waals surface area contributed by atoms with E-state index in [0.29, 0.717) is 12.8 Å². The number of hydrogen-bond donors (Lipinski definition) is 3. The van der Waals surface area contributed by atoms with E-state index in [1.54, 1.807) is 0 Å². The number of carboxylic acid groups (broad SMARTS) is 1. The maximum atomic E-state index is 12.7. The van der Waals surface area contributed by atoms with Gasteiger partial charge in [0.1, 0.15) is 12.6 Å². The Kier molecular flexibility index (Phi) is 44.9. The van der Waals surface area contributed by atoms with E-state index in [2.05, 4.69) is 18.4 Å². The second kappa shape index (κ2) is 46.0. The lowest BCUT2D eigenvalue weighted by Gasteiger charge is -2.20. The van der Waals surface area contributed by atoms with Gasteiger partial charge in [-0.25, -0.2) is 4.57 Å². The summed E-state index contributed by atoms with van der Waals surface area (Å²) in [7, 11) is -4.71. The number of carboxylic acids is 1. The fourth-order valence-corrected chi connectivity index (χ4v) is 8.55. The standard InChI is InChI=1S/C50H98NO10P/c1-3-5-7-9-11-13-15-17-19-21-23-24-26-28-30-32-34-36-38-40-42-49(53)61-46(44-59-62(56,57)60-45-47(51)50(54)55)43-58-48(52)41-39-37-35-33-31-29-27-25-22-20-18-16-14-12-10-8-6-4-2/h46-47H,3-45,51H2,1-2H3,(H,54,55)(H,56,57). The van der Waals surface area contributed by atoms with Gasteiger partial charge in [0.15, 0.2) is 6.10 Å². The molecule has 0 rings (SSSR count). The number of aliphatic carboxylic acids is 1. The monoisotopic (exact) mass is 904 g/mol. The van der Waals surface area contributed by atoms with Gasteiger partial charge in [-0.15, -0.1) is 0 Å². The molecule has 0 aliphatic rings. The van der Waals surface area contributed by atoms with E-state index in [0.717, 1.165) is 38.5 Å². The van der Waals surface area contributed by atoms with E-state index in [-0.39, 0.29) is 19.4 Å². The Balaban J connectivity index is 4.18. The van der Waals surface area contributed by atoms with Crippen LogP contribution in [0.25, 0.3) is 0 Å². The molecule has 0 bridgehead atoms. The van der Waals surface area contributed by atoms with Crippen LogP contribution in [-0.2, 0) is 37.5 Å². The van der Waals surface area contributed by atoms with Crippen molar-refractivity contribution in [3.8, 4) is 0 Å². The average Bonchev–Trinajstić information content (AvgIpc) is 3.25. The summed E-state index contributed by atoms with van der Waals surface area (Å²) in [5.41, 5.74) is 5.35. The molecule has 0 fully saturated rings. The van der Waals surface area contributed by atoms with Gasteiger partial charge in [0.2, 0.25) is 0 Å². The van der Waals surface area contributed by atoms with Crippen molar-refractivity contribution in [2.75, 3.05) is 19.8 Å². The van der Waals surface area contributed by atoms with Crippen molar-refractivity contribution < 1.29 is 47.5 Å². The highest BCUT2D eigenvalue weighted by atomic mass is 31.2. The SMILES string of the molecule is CCCCCCCCCCCCCCCCCCCCCCC(=O)OC(COC(=O)CCCCCCCCCCCCCCCCCCCC)COP(=O)(O)OCC(N)C(=O)O. The van der Waals surface area contributed by atoms with Crippen molar-refractivity contribution in [3.63, 3.8) is 0 Å². The number of carbonyl (C=O) groups excluding carboxylic acids is 2. The summed E-state index contributed by atoms with van der Waals surface area (Å²) >= 11 is 0. The third kappa shape index (κ3) is 45.1. The van der Waals surface area contributed by atoms with E-state index < -0.39 is 51.1 Å². The van der Waals surface area contributed by atoms with Crippen LogP contribution in [0.5, 0.6) is 0 Å². The minimum Gasteiger partial charge on any atom is -0.480 e. The van der Waals surface area contributed by atoms with Gasteiger partial charge in [0.05, 0.1) is 13.2 Å². The molecule has 0 aromatic heterocycles. The first kappa shape index (κ1) is 60.5. The first-order valence-corrected chi connectivity index (χ1v) is 27.6. The zero-order chi connectivity index (χ0) is 45.6. The number of carbonyl (C=O) groups is 3. The van der Waals surface area contributed by atoms with Crippen LogP contribution in [0.1, 0.15) is 271 Å². The van der Waals surface area contributed by atoms with Crippen LogP contribution in [0.3, 0.4) is 0 Å². The molecule has 0 spiro atoms. The minimum absolute atomic E-state index is 0.170. The van der Waals surface area contributed by atoms with Crippen molar-refractivity contribution in [2.24, 2.45) is 5.73 Å². The maximum absolute atomic E-state index is 12.7. The highest BCUT2D eigenvalue weighted by Gasteiger charge is 2.28. The van der Waals surface area contributed by atoms with Crippen molar-refractivity contribution in [1.82, 2.24) is 0 Å². The Morgan fingerprint density at radius 3 is 1.02 bits per heavy atom. The van der Waals surface area contributed by atoms with Crippen LogP contribution >= 0.6 is 7.82 Å². The molecular weight excluding hydrogens is 806 g/mol. The Bertz CT molecular complexity index is 1060. The summed E-state index contributed by atoms with van der Waals surface area (Å²) < 4.78 is 32.9. The van der Waals surface area contributed by atoms with Gasteiger partial charge in [-0.05, 0) is 12.8 Å². The molecule has 11 nitrogen and oxygen atoms in total. The second-order valence-corrected chi connectivity index (χ2v) is 19.5. The molecule has 12 heteroatoms. The molecule has 62 heavy (non-hydrogen) atoms. The lowest BCUT2D eigenvalue weighted by molar-refractivity contribution is -0.161. The van der Waals surface area contributed by atoms with Gasteiger partial charge >= 0.3 is 25.7 Å². The van der Waals surface area contributed by atoms with Crippen LogP contribution in [0.4, 0.5) is 0 Å². The summed E-state index contributed by atoms with van der Waals surface area (Å²) in [6.45, 7) is 2.87. The molecule has 368 valence electrons. The average molecular weight is 904 g/mol. The normalized spacial score (nSPS) is 13.5. The molecule has 0 aromatic carbocycles. The molecule has 0 saturated heterocycles. The Morgan fingerprint density at radius 2 is 0.710 bits per heavy atom. The molecule has 3 unspecified atom stereocenters. The van der Waals surface area contributed by atoms with Crippen molar-refractivity contribution in [3.05, 3.63) is 0 Å². The van der Waals surface area contributed by atoms with Crippen molar-refractivity contribution in [1.29, 1.82) is 0 Å². The number of phosphoric acid groups is 1. The fourth-order valence-electron chi connectivity index (χ4n) is 7.77. The third-order valence-electron chi connectivity index (χ3n) is 11.9. The van der Waals surface area contributed by atoms with Gasteiger partial charge in [-0.3, -0.25) is 23.4 Å². The van der Waals surface area contributed by atoms with E-state index in [4.69, 9.17) is 24.8 Å². The van der Waals surface area contributed by atoms with E-state index in [1.165, 1.54) is 193 Å².